The van der Waals surface area contributed by atoms with E-state index >= 15 is 14.4 Å². The first-order chi connectivity index (χ1) is 51.6. The van der Waals surface area contributed by atoms with Gasteiger partial charge in [-0.15, -0.1) is 0 Å². The van der Waals surface area contributed by atoms with Crippen LogP contribution >= 0.6 is 0 Å². The molecule has 2 aliphatic rings. The number of aryl methyl sites for hydroxylation is 4. The Morgan fingerprint density at radius 1 is 0.435 bits per heavy atom. The van der Waals surface area contributed by atoms with E-state index in [1.54, 1.807) is 40.6 Å². The number of amides is 2. The number of carbonyl (C=O) groups excluding carboxylic acids is 3. The van der Waals surface area contributed by atoms with Gasteiger partial charge in [-0.1, -0.05) is 128 Å². The minimum absolute atomic E-state index is 0.0545. The van der Waals surface area contributed by atoms with Gasteiger partial charge in [0.05, 0.1) is 69.0 Å². The Morgan fingerprint density at radius 3 is 1.11 bits per heavy atom. The number of ether oxygens (including phenoxy) is 12. The normalized spacial score (nSPS) is 14.4. The molecule has 0 saturated carbocycles. The predicted molar refractivity (Wildman–Crippen MR) is 419 cm³/mol. The highest BCUT2D eigenvalue weighted by Gasteiger charge is 2.41. The highest BCUT2D eigenvalue weighted by molar-refractivity contribution is 5.86. The van der Waals surface area contributed by atoms with Gasteiger partial charge in [-0.3, -0.25) is 19.2 Å². The van der Waals surface area contributed by atoms with Gasteiger partial charge in [0.2, 0.25) is 34.2 Å². The smallest absolute Gasteiger partial charge is 0.493 e. The number of hydrogen-bond acceptors (Lipinski definition) is 17. The first-order valence-electron chi connectivity index (χ1n) is 36.7. The van der Waals surface area contributed by atoms with E-state index < -0.39 is 41.3 Å². The summed E-state index contributed by atoms with van der Waals surface area (Å²) in [5.41, 5.74) is 10.7. The fraction of sp³-hybridized carbons (Fsp3) is 0.404. The highest BCUT2D eigenvalue weighted by atomic mass is 16.7. The molecule has 0 heterocycles. The molecule has 19 heteroatoms. The number of rotatable bonds is 28. The molecular formula is C89H104N2O17. The van der Waals surface area contributed by atoms with Crippen molar-refractivity contribution in [2.45, 2.75) is 170 Å². The van der Waals surface area contributed by atoms with Crippen molar-refractivity contribution in [1.82, 2.24) is 10.6 Å². The standard InChI is InChI=1S/C89H104N2O17/c1-49(2)79(63-39-51(5)81(105-47-55-27-23-21-24-28-55)53(7)77(63)88(9,10)45-73(94)90-65-35-31-57-41-71(99-15)83(101-17)85(103-19)75(57)59-33-37-69(97-13)67(92)43-61(59)65)107-87(96)108-80(50(3)4)64-40-52(6)82(106-48-56-29-25-22-26-30-56)54(8)78(64)89(11,12)46-74(95)91-66-36-32-58-42-72(100-16)84(102-18)86(104-20)76(58)60-34-38-70(98-14)68(93)44-62(60)66/h21-30,33-34,37-44,49-50,65-66,79-80H,31-32,35-36,45-48H2,1-20H3,(H,90,94)(H,91,95)/t65-,66-,79-,80-/m0/s1. The number of methoxy groups -OCH3 is 8. The van der Waals surface area contributed by atoms with E-state index in [1.165, 1.54) is 40.6 Å². The van der Waals surface area contributed by atoms with Crippen LogP contribution in [0.15, 0.2) is 131 Å². The van der Waals surface area contributed by atoms with Crippen molar-refractivity contribution in [2.75, 3.05) is 56.9 Å². The minimum Gasteiger partial charge on any atom is -0.493 e. The molecule has 572 valence electrons. The molecule has 10 rings (SSSR count). The first kappa shape index (κ1) is 79.9. The van der Waals surface area contributed by atoms with E-state index in [2.05, 4.69) is 10.6 Å². The lowest BCUT2D eigenvalue weighted by Crippen LogP contribution is -2.36. The van der Waals surface area contributed by atoms with Crippen LogP contribution in [-0.2, 0) is 55.9 Å². The summed E-state index contributed by atoms with van der Waals surface area (Å²) in [6.45, 7) is 24.4. The van der Waals surface area contributed by atoms with E-state index in [-0.39, 0.29) is 72.1 Å². The van der Waals surface area contributed by atoms with Gasteiger partial charge in [0.1, 0.15) is 36.9 Å². The van der Waals surface area contributed by atoms with Gasteiger partial charge in [0, 0.05) is 24.0 Å². The van der Waals surface area contributed by atoms with Crippen molar-refractivity contribution in [3.05, 3.63) is 220 Å². The van der Waals surface area contributed by atoms with Crippen molar-refractivity contribution in [3.8, 4) is 79.7 Å². The molecule has 19 nitrogen and oxygen atoms in total. The lowest BCUT2D eigenvalue weighted by atomic mass is 9.73. The molecule has 2 aliphatic carbocycles. The lowest BCUT2D eigenvalue weighted by molar-refractivity contribution is -0.123. The average molecular weight is 1470 g/mol. The summed E-state index contributed by atoms with van der Waals surface area (Å²) in [6.07, 6.45) is -1.16. The van der Waals surface area contributed by atoms with Crippen molar-refractivity contribution < 1.29 is 71.2 Å². The van der Waals surface area contributed by atoms with Crippen LogP contribution < -0.4 is 68.9 Å². The SMILES string of the molecule is COc1cc2c(c(OC)c1OC)-c1ccc(OC)c(=O)cc1[C@@H](NC(=O)CC(C)(C)c1c([C@@H](OC(=O)O[C@H](c3cc(C)c(OCc4ccccc4)c(C)c3C(C)(C)CC(=O)N[C@H]3CCc4cc(OC)c(OC)c(OC)c4-c4ccc(OC)c(=O)cc43)C(C)C)C(C)C)cc(C)c(OCc3ccccc3)c1C)CC2. The van der Waals surface area contributed by atoms with Gasteiger partial charge in [-0.2, -0.15) is 0 Å². The molecular weight excluding hydrogens is 1370 g/mol. The van der Waals surface area contributed by atoms with Crippen molar-refractivity contribution in [3.63, 3.8) is 0 Å². The van der Waals surface area contributed by atoms with Gasteiger partial charge in [-0.05, 0) is 214 Å². The van der Waals surface area contributed by atoms with Crippen LogP contribution in [0.4, 0.5) is 4.79 Å². The predicted octanol–water partition coefficient (Wildman–Crippen LogP) is 17.4. The summed E-state index contributed by atoms with van der Waals surface area (Å²) in [5.74, 6) is 2.74. The fourth-order valence-corrected chi connectivity index (χ4v) is 16.2. The molecule has 4 atom stereocenters. The Labute approximate surface area is 634 Å². The lowest BCUT2D eigenvalue weighted by Gasteiger charge is -2.36. The zero-order chi connectivity index (χ0) is 78.2. The first-order valence-corrected chi connectivity index (χ1v) is 36.7. The molecule has 2 amide bonds. The highest BCUT2D eigenvalue weighted by Crippen LogP contribution is 2.54. The van der Waals surface area contributed by atoms with Gasteiger partial charge >= 0.3 is 6.16 Å². The third-order valence-corrected chi connectivity index (χ3v) is 20.9. The Balaban J connectivity index is 1.01. The Kier molecular flexibility index (Phi) is 25.2. The number of carbonyl (C=O) groups is 3. The minimum atomic E-state index is -0.991. The second kappa shape index (κ2) is 34.0. The zero-order valence-electron chi connectivity index (χ0n) is 66.1. The summed E-state index contributed by atoms with van der Waals surface area (Å²) in [5, 5.41) is 6.75. The second-order valence-electron chi connectivity index (χ2n) is 29.9. The molecule has 0 fully saturated rings. The number of hydrogen-bond donors (Lipinski definition) is 2. The third kappa shape index (κ3) is 16.7. The summed E-state index contributed by atoms with van der Waals surface area (Å²) >= 11 is 0. The zero-order valence-corrected chi connectivity index (χ0v) is 66.1. The molecule has 0 aromatic heterocycles. The monoisotopic (exact) mass is 1470 g/mol. The van der Waals surface area contributed by atoms with E-state index in [0.29, 0.717) is 116 Å². The van der Waals surface area contributed by atoms with Gasteiger partial charge < -0.3 is 67.5 Å². The molecule has 0 radical (unpaired) electrons. The quantitative estimate of drug-likeness (QED) is 0.0435. The van der Waals surface area contributed by atoms with Crippen LogP contribution in [0.5, 0.6) is 57.5 Å². The van der Waals surface area contributed by atoms with Gasteiger partial charge in [0.25, 0.3) is 0 Å². The van der Waals surface area contributed by atoms with Crippen LogP contribution in [0, 0.1) is 39.5 Å². The number of fused-ring (bicyclic) bond motifs is 6. The van der Waals surface area contributed by atoms with Crippen LogP contribution in [0.1, 0.15) is 183 Å². The van der Waals surface area contributed by atoms with E-state index in [1.807, 2.05) is 180 Å². The van der Waals surface area contributed by atoms with Crippen molar-refractivity contribution in [1.29, 1.82) is 0 Å². The van der Waals surface area contributed by atoms with Crippen LogP contribution in [0.2, 0.25) is 0 Å². The largest absolute Gasteiger partial charge is 0.509 e. The molecule has 8 aromatic rings. The molecule has 0 spiro atoms. The molecule has 0 bridgehead atoms. The van der Waals surface area contributed by atoms with Crippen molar-refractivity contribution in [2.24, 2.45) is 11.8 Å². The molecule has 0 unspecified atom stereocenters. The summed E-state index contributed by atoms with van der Waals surface area (Å²) in [6, 6.07) is 36.2. The molecule has 8 aromatic carbocycles. The van der Waals surface area contributed by atoms with Crippen LogP contribution in [0.3, 0.4) is 0 Å². The van der Waals surface area contributed by atoms with Crippen LogP contribution in [0.25, 0.3) is 22.3 Å². The third-order valence-electron chi connectivity index (χ3n) is 20.9. The maximum Gasteiger partial charge on any atom is 0.509 e. The van der Waals surface area contributed by atoms with Gasteiger partial charge in [0.15, 0.2) is 34.5 Å². The molecule has 108 heavy (non-hydrogen) atoms. The second-order valence-corrected chi connectivity index (χ2v) is 29.9. The summed E-state index contributed by atoms with van der Waals surface area (Å²) in [4.78, 5) is 74.0. The fourth-order valence-electron chi connectivity index (χ4n) is 16.2. The summed E-state index contributed by atoms with van der Waals surface area (Å²) < 4.78 is 73.7. The molecule has 0 saturated heterocycles. The van der Waals surface area contributed by atoms with Gasteiger partial charge in [-0.25, -0.2) is 4.79 Å². The molecule has 0 aliphatic heterocycles. The average Bonchev–Trinajstić information content (AvgIpc) is 0.951. The van der Waals surface area contributed by atoms with E-state index in [4.69, 9.17) is 56.8 Å². The summed E-state index contributed by atoms with van der Waals surface area (Å²) in [7, 11) is 12.2. The topological polar surface area (TPSA) is 220 Å². The van der Waals surface area contributed by atoms with E-state index in [9.17, 15) is 9.59 Å². The maximum absolute atomic E-state index is 15.4. The van der Waals surface area contributed by atoms with Crippen molar-refractivity contribution >= 4 is 18.0 Å². The van der Waals surface area contributed by atoms with E-state index in [0.717, 1.165) is 55.6 Å². The molecule has 2 N–H and O–H groups in total. The Hall–Kier alpha value is -10.7. The number of benzene rings is 6. The maximum atomic E-state index is 15.4. The van der Waals surface area contributed by atoms with Crippen LogP contribution in [-0.4, -0.2) is 74.8 Å². The number of nitrogens with one attached hydrogen (secondary N) is 2. The Bertz CT molecular complexity index is 4480. The Morgan fingerprint density at radius 2 is 0.787 bits per heavy atom.